The molecule has 2 aromatic rings. The first-order valence-electron chi connectivity index (χ1n) is 7.16. The molecule has 6 heteroatoms. The van der Waals surface area contributed by atoms with Gasteiger partial charge in [-0.15, -0.1) is 11.3 Å². The summed E-state index contributed by atoms with van der Waals surface area (Å²) in [5, 5.41) is 7.33. The molecule has 1 saturated heterocycles. The molecule has 1 amide bonds. The smallest absolute Gasteiger partial charge is 0.231 e. The second-order valence-corrected chi connectivity index (χ2v) is 6.45. The van der Waals surface area contributed by atoms with Crippen LogP contribution in [0.4, 0.5) is 5.69 Å². The molecule has 0 aliphatic carbocycles. The summed E-state index contributed by atoms with van der Waals surface area (Å²) in [6.45, 7) is 5.93. The molecule has 21 heavy (non-hydrogen) atoms. The lowest BCUT2D eigenvalue weighted by Gasteiger charge is -2.17. The molecule has 5 nitrogen and oxygen atoms in total. The molecule has 2 atom stereocenters. The second-order valence-electron chi connectivity index (χ2n) is 5.21. The lowest BCUT2D eigenvalue weighted by molar-refractivity contribution is -0.120. The fourth-order valence-electron chi connectivity index (χ4n) is 2.63. The molecule has 0 saturated carbocycles. The number of thiazole rings is 1. The third-order valence-electron chi connectivity index (χ3n) is 3.65. The van der Waals surface area contributed by atoms with Crippen LogP contribution in [0.5, 0.6) is 0 Å². The first-order valence-corrected chi connectivity index (χ1v) is 7.98. The maximum Gasteiger partial charge on any atom is 0.231 e. The van der Waals surface area contributed by atoms with E-state index in [9.17, 15) is 4.79 Å². The van der Waals surface area contributed by atoms with Gasteiger partial charge in [-0.1, -0.05) is 6.92 Å². The molecule has 1 aromatic heterocycles. The molecule has 2 unspecified atom stereocenters. The Balaban J connectivity index is 1.73. The van der Waals surface area contributed by atoms with Gasteiger partial charge in [-0.05, 0) is 31.7 Å². The Bertz CT molecular complexity index is 655. The van der Waals surface area contributed by atoms with Crippen molar-refractivity contribution in [3.63, 3.8) is 0 Å². The van der Waals surface area contributed by atoms with Crippen LogP contribution in [-0.4, -0.2) is 36.7 Å². The third-order valence-corrected chi connectivity index (χ3v) is 4.58. The fourth-order valence-corrected chi connectivity index (χ4v) is 3.50. The zero-order chi connectivity index (χ0) is 14.8. The van der Waals surface area contributed by atoms with Gasteiger partial charge < -0.3 is 15.4 Å². The van der Waals surface area contributed by atoms with Crippen molar-refractivity contribution in [1.82, 2.24) is 10.3 Å². The highest BCUT2D eigenvalue weighted by atomic mass is 32.1. The second kappa shape index (κ2) is 6.09. The van der Waals surface area contributed by atoms with Crippen LogP contribution in [0.1, 0.15) is 11.9 Å². The standard InChI is InChI=1S/C15H19N3O2S/c1-3-16-13-8-20-7-11(13)15(19)18-10-4-5-12-14(6-10)21-9(2)17-12/h4-6,11,13,16H,3,7-8H2,1-2H3,(H,18,19). The van der Waals surface area contributed by atoms with E-state index >= 15 is 0 Å². The number of hydrogen-bond donors (Lipinski definition) is 2. The number of carbonyl (C=O) groups excluding carboxylic acids is 1. The van der Waals surface area contributed by atoms with Crippen LogP contribution in [0, 0.1) is 12.8 Å². The number of anilines is 1. The number of nitrogens with one attached hydrogen (secondary N) is 2. The van der Waals surface area contributed by atoms with E-state index in [4.69, 9.17) is 4.74 Å². The first kappa shape index (κ1) is 14.4. The molecule has 112 valence electrons. The van der Waals surface area contributed by atoms with Crippen molar-refractivity contribution in [1.29, 1.82) is 0 Å². The van der Waals surface area contributed by atoms with E-state index in [1.54, 1.807) is 11.3 Å². The number of benzene rings is 1. The van der Waals surface area contributed by atoms with Crippen LogP contribution in [0.2, 0.25) is 0 Å². The van der Waals surface area contributed by atoms with Crippen molar-refractivity contribution in [2.75, 3.05) is 25.1 Å². The number of aryl methyl sites for hydroxylation is 1. The third kappa shape index (κ3) is 3.07. The van der Waals surface area contributed by atoms with Gasteiger partial charge >= 0.3 is 0 Å². The average Bonchev–Trinajstić information content (AvgIpc) is 3.04. The molecule has 1 aromatic carbocycles. The van der Waals surface area contributed by atoms with Crippen LogP contribution in [0.15, 0.2) is 18.2 Å². The van der Waals surface area contributed by atoms with Gasteiger partial charge in [0, 0.05) is 11.7 Å². The molecule has 0 radical (unpaired) electrons. The van der Waals surface area contributed by atoms with Gasteiger partial charge in [-0.3, -0.25) is 4.79 Å². The van der Waals surface area contributed by atoms with E-state index in [1.807, 2.05) is 32.0 Å². The number of aromatic nitrogens is 1. The summed E-state index contributed by atoms with van der Waals surface area (Å²) < 4.78 is 6.52. The lowest BCUT2D eigenvalue weighted by Crippen LogP contribution is -2.41. The largest absolute Gasteiger partial charge is 0.379 e. The molecule has 2 heterocycles. The number of ether oxygens (including phenoxy) is 1. The number of nitrogens with zero attached hydrogens (tertiary/aromatic N) is 1. The summed E-state index contributed by atoms with van der Waals surface area (Å²) in [7, 11) is 0. The van der Waals surface area contributed by atoms with Gasteiger partial charge in [0.05, 0.1) is 34.4 Å². The highest BCUT2D eigenvalue weighted by Crippen LogP contribution is 2.25. The SMILES string of the molecule is CCNC1COCC1C(=O)Nc1ccc2nc(C)sc2c1. The molecule has 3 rings (SSSR count). The summed E-state index contributed by atoms with van der Waals surface area (Å²) in [5.74, 6) is -0.122. The van der Waals surface area contributed by atoms with Crippen molar-refractivity contribution >= 4 is 33.1 Å². The van der Waals surface area contributed by atoms with Gasteiger partial charge in [0.25, 0.3) is 0 Å². The minimum Gasteiger partial charge on any atom is -0.379 e. The van der Waals surface area contributed by atoms with Crippen molar-refractivity contribution in [2.45, 2.75) is 19.9 Å². The zero-order valence-corrected chi connectivity index (χ0v) is 13.0. The van der Waals surface area contributed by atoms with Crippen molar-refractivity contribution in [3.8, 4) is 0 Å². The summed E-state index contributed by atoms with van der Waals surface area (Å²) >= 11 is 1.63. The van der Waals surface area contributed by atoms with Crippen molar-refractivity contribution in [2.24, 2.45) is 5.92 Å². The molecule has 1 fully saturated rings. The molecule has 1 aliphatic heterocycles. The number of likely N-dealkylation sites (N-methyl/N-ethyl adjacent to an activating group) is 1. The highest BCUT2D eigenvalue weighted by molar-refractivity contribution is 7.18. The van der Waals surface area contributed by atoms with E-state index in [0.29, 0.717) is 13.2 Å². The Morgan fingerprint density at radius 3 is 3.14 bits per heavy atom. The zero-order valence-electron chi connectivity index (χ0n) is 12.2. The number of hydrogen-bond acceptors (Lipinski definition) is 5. The van der Waals surface area contributed by atoms with E-state index in [1.165, 1.54) is 0 Å². The monoisotopic (exact) mass is 305 g/mol. The van der Waals surface area contributed by atoms with E-state index in [0.717, 1.165) is 27.5 Å². The van der Waals surface area contributed by atoms with Gasteiger partial charge in [0.1, 0.15) is 0 Å². The Morgan fingerprint density at radius 2 is 2.33 bits per heavy atom. The van der Waals surface area contributed by atoms with Crippen LogP contribution in [0.3, 0.4) is 0 Å². The first-order chi connectivity index (χ1) is 10.2. The summed E-state index contributed by atoms with van der Waals surface area (Å²) in [5.41, 5.74) is 1.79. The molecular formula is C15H19N3O2S. The lowest BCUT2D eigenvalue weighted by atomic mass is 10.0. The van der Waals surface area contributed by atoms with Crippen molar-refractivity contribution < 1.29 is 9.53 Å². The Hall–Kier alpha value is -1.50. The van der Waals surface area contributed by atoms with E-state index in [-0.39, 0.29) is 17.9 Å². The topological polar surface area (TPSA) is 63.2 Å². The molecule has 1 aliphatic rings. The van der Waals surface area contributed by atoms with Crippen LogP contribution in [0.25, 0.3) is 10.2 Å². The normalized spacial score (nSPS) is 21.8. The minimum atomic E-state index is -0.135. The van der Waals surface area contributed by atoms with Gasteiger partial charge in [-0.25, -0.2) is 4.98 Å². The van der Waals surface area contributed by atoms with Gasteiger partial charge in [-0.2, -0.15) is 0 Å². The van der Waals surface area contributed by atoms with Gasteiger partial charge in [0.2, 0.25) is 5.91 Å². The number of carbonyl (C=O) groups is 1. The fraction of sp³-hybridized carbons (Fsp3) is 0.467. The maximum atomic E-state index is 12.4. The Labute approximate surface area is 127 Å². The number of amides is 1. The van der Waals surface area contributed by atoms with Crippen LogP contribution in [-0.2, 0) is 9.53 Å². The maximum absolute atomic E-state index is 12.4. The predicted octanol–water partition coefficient (Wildman–Crippen LogP) is 2.17. The van der Waals surface area contributed by atoms with Crippen LogP contribution >= 0.6 is 11.3 Å². The number of rotatable bonds is 4. The van der Waals surface area contributed by atoms with E-state index in [2.05, 4.69) is 15.6 Å². The van der Waals surface area contributed by atoms with E-state index < -0.39 is 0 Å². The van der Waals surface area contributed by atoms with Crippen LogP contribution < -0.4 is 10.6 Å². The number of fused-ring (bicyclic) bond motifs is 1. The molecule has 0 bridgehead atoms. The summed E-state index contributed by atoms with van der Waals surface area (Å²) in [4.78, 5) is 16.8. The highest BCUT2D eigenvalue weighted by Gasteiger charge is 2.33. The van der Waals surface area contributed by atoms with Gasteiger partial charge in [0.15, 0.2) is 0 Å². The Morgan fingerprint density at radius 1 is 1.48 bits per heavy atom. The minimum absolute atomic E-state index is 0.0130. The molecule has 0 spiro atoms. The quantitative estimate of drug-likeness (QED) is 0.909. The molecular weight excluding hydrogens is 286 g/mol. The predicted molar refractivity (Wildman–Crippen MR) is 84.8 cm³/mol. The summed E-state index contributed by atoms with van der Waals surface area (Å²) in [6, 6.07) is 5.93. The van der Waals surface area contributed by atoms with Crippen molar-refractivity contribution in [3.05, 3.63) is 23.2 Å². The summed E-state index contributed by atoms with van der Waals surface area (Å²) in [6.07, 6.45) is 0. The average molecular weight is 305 g/mol. The Kier molecular flexibility index (Phi) is 4.19. The molecule has 2 N–H and O–H groups in total.